The van der Waals surface area contributed by atoms with E-state index in [1.165, 1.54) is 0 Å². The lowest BCUT2D eigenvalue weighted by molar-refractivity contribution is -0.115. The predicted molar refractivity (Wildman–Crippen MR) is 74.3 cm³/mol. The van der Waals surface area contributed by atoms with Crippen LogP contribution in [0.3, 0.4) is 0 Å². The molecule has 1 heterocycles. The Morgan fingerprint density at radius 2 is 2.30 bits per heavy atom. The van der Waals surface area contributed by atoms with Crippen molar-refractivity contribution >= 4 is 11.6 Å². The molecule has 1 aromatic carbocycles. The van der Waals surface area contributed by atoms with E-state index in [2.05, 4.69) is 10.3 Å². The lowest BCUT2D eigenvalue weighted by Crippen LogP contribution is -2.10. The maximum Gasteiger partial charge on any atom is 0.238 e. The van der Waals surface area contributed by atoms with E-state index in [1.807, 2.05) is 13.0 Å². The molecule has 1 N–H and O–H groups in total. The second-order valence-electron chi connectivity index (χ2n) is 4.15. The molecule has 0 aliphatic rings. The summed E-state index contributed by atoms with van der Waals surface area (Å²) in [7, 11) is 0. The molecule has 0 atom stereocenters. The van der Waals surface area contributed by atoms with Gasteiger partial charge < -0.3 is 10.1 Å². The molecule has 2 rings (SSSR count). The van der Waals surface area contributed by atoms with Gasteiger partial charge in [-0.25, -0.2) is 0 Å². The highest BCUT2D eigenvalue weighted by Crippen LogP contribution is 2.26. The molecular formula is C15H13N3O2. The zero-order chi connectivity index (χ0) is 14.4. The summed E-state index contributed by atoms with van der Waals surface area (Å²) in [4.78, 5) is 15.3. The van der Waals surface area contributed by atoms with Gasteiger partial charge >= 0.3 is 0 Å². The average molecular weight is 267 g/mol. The lowest BCUT2D eigenvalue weighted by atomic mass is 10.2. The van der Waals surface area contributed by atoms with E-state index in [0.717, 1.165) is 5.56 Å². The van der Waals surface area contributed by atoms with Crippen LogP contribution < -0.4 is 10.1 Å². The molecule has 0 aliphatic heterocycles. The number of hydrogen-bond donors (Lipinski definition) is 1. The number of carbonyl (C=O) groups is 1. The molecule has 0 unspecified atom stereocenters. The number of benzene rings is 1. The van der Waals surface area contributed by atoms with Crippen molar-refractivity contribution in [1.82, 2.24) is 4.98 Å². The summed E-state index contributed by atoms with van der Waals surface area (Å²) in [6, 6.07) is 10.7. The number of pyridine rings is 1. The summed E-state index contributed by atoms with van der Waals surface area (Å²) in [5.74, 6) is 1.01. The minimum atomic E-state index is -0.326. The van der Waals surface area contributed by atoms with Gasteiger partial charge in [0.2, 0.25) is 5.91 Å². The van der Waals surface area contributed by atoms with Crippen molar-refractivity contribution in [3.8, 4) is 17.6 Å². The topological polar surface area (TPSA) is 75.0 Å². The second-order valence-corrected chi connectivity index (χ2v) is 4.15. The Morgan fingerprint density at radius 3 is 2.95 bits per heavy atom. The number of amides is 1. The molecular weight excluding hydrogens is 254 g/mol. The number of anilines is 1. The maximum atomic E-state index is 11.3. The van der Waals surface area contributed by atoms with Crippen molar-refractivity contribution in [3.63, 3.8) is 0 Å². The van der Waals surface area contributed by atoms with Crippen molar-refractivity contribution in [1.29, 1.82) is 5.26 Å². The van der Waals surface area contributed by atoms with E-state index in [0.29, 0.717) is 17.2 Å². The summed E-state index contributed by atoms with van der Waals surface area (Å²) < 4.78 is 5.69. The minimum Gasteiger partial charge on any atom is -0.455 e. The number of rotatable bonds is 4. The van der Waals surface area contributed by atoms with Gasteiger partial charge in [0.05, 0.1) is 12.3 Å². The molecule has 0 radical (unpaired) electrons. The molecule has 0 fully saturated rings. The Labute approximate surface area is 116 Å². The van der Waals surface area contributed by atoms with E-state index in [9.17, 15) is 4.79 Å². The maximum absolute atomic E-state index is 11.3. The smallest absolute Gasteiger partial charge is 0.238 e. The largest absolute Gasteiger partial charge is 0.455 e. The normalized spacial score (nSPS) is 9.60. The van der Waals surface area contributed by atoms with Crippen molar-refractivity contribution in [2.75, 3.05) is 5.32 Å². The number of nitriles is 1. The molecule has 0 bridgehead atoms. The summed E-state index contributed by atoms with van der Waals surface area (Å²) in [5, 5.41) is 11.1. The number of aryl methyl sites for hydroxylation is 1. The number of nitrogens with one attached hydrogen (secondary N) is 1. The van der Waals surface area contributed by atoms with Gasteiger partial charge in [-0.15, -0.1) is 0 Å². The Hall–Kier alpha value is -2.87. The summed E-state index contributed by atoms with van der Waals surface area (Å²) >= 11 is 0. The van der Waals surface area contributed by atoms with Crippen LogP contribution in [0.1, 0.15) is 12.0 Å². The van der Waals surface area contributed by atoms with Gasteiger partial charge in [-0.1, -0.05) is 0 Å². The average Bonchev–Trinajstić information content (AvgIpc) is 2.43. The van der Waals surface area contributed by atoms with Gasteiger partial charge in [-0.05, 0) is 42.8 Å². The van der Waals surface area contributed by atoms with Crippen molar-refractivity contribution in [2.45, 2.75) is 13.3 Å². The predicted octanol–water partition coefficient (Wildman–Crippen LogP) is 3.03. The zero-order valence-corrected chi connectivity index (χ0v) is 11.0. The fourth-order valence-corrected chi connectivity index (χ4v) is 1.65. The first-order valence-electron chi connectivity index (χ1n) is 6.04. The standard InChI is InChI=1S/C15H13N3O2/c1-11-9-12(18-15(19)6-7-16)4-5-14(11)20-13-3-2-8-17-10-13/h2-5,8-10H,6H2,1H3,(H,18,19). The SMILES string of the molecule is Cc1cc(NC(=O)CC#N)ccc1Oc1cccnc1. The van der Waals surface area contributed by atoms with Gasteiger partial charge in [0.25, 0.3) is 0 Å². The van der Waals surface area contributed by atoms with E-state index in [1.54, 1.807) is 42.7 Å². The quantitative estimate of drug-likeness (QED) is 0.923. The molecule has 0 saturated carbocycles. The molecule has 0 saturated heterocycles. The third kappa shape index (κ3) is 3.56. The van der Waals surface area contributed by atoms with E-state index in [-0.39, 0.29) is 12.3 Å². The Morgan fingerprint density at radius 1 is 1.45 bits per heavy atom. The van der Waals surface area contributed by atoms with Crippen LogP contribution >= 0.6 is 0 Å². The van der Waals surface area contributed by atoms with Crippen LogP contribution in [0.4, 0.5) is 5.69 Å². The van der Waals surface area contributed by atoms with Crippen LogP contribution in [0.25, 0.3) is 0 Å². The Balaban J connectivity index is 2.10. The fourth-order valence-electron chi connectivity index (χ4n) is 1.65. The van der Waals surface area contributed by atoms with Crippen molar-refractivity contribution in [3.05, 3.63) is 48.3 Å². The van der Waals surface area contributed by atoms with Crippen LogP contribution in [0.15, 0.2) is 42.7 Å². The van der Waals surface area contributed by atoms with Gasteiger partial charge in [0.15, 0.2) is 0 Å². The third-order valence-electron chi connectivity index (χ3n) is 2.56. The molecule has 1 aromatic heterocycles. The van der Waals surface area contributed by atoms with Crippen molar-refractivity contribution < 1.29 is 9.53 Å². The molecule has 5 heteroatoms. The van der Waals surface area contributed by atoms with E-state index in [4.69, 9.17) is 10.00 Å². The molecule has 0 aliphatic carbocycles. The fraction of sp³-hybridized carbons (Fsp3) is 0.133. The molecule has 5 nitrogen and oxygen atoms in total. The number of hydrogen-bond acceptors (Lipinski definition) is 4. The zero-order valence-electron chi connectivity index (χ0n) is 11.0. The molecule has 1 amide bonds. The number of ether oxygens (including phenoxy) is 1. The first-order valence-corrected chi connectivity index (χ1v) is 6.04. The van der Waals surface area contributed by atoms with Gasteiger partial charge in [0, 0.05) is 11.9 Å². The summed E-state index contributed by atoms with van der Waals surface area (Å²) in [6.45, 7) is 1.88. The van der Waals surface area contributed by atoms with Gasteiger partial charge in [0.1, 0.15) is 17.9 Å². The van der Waals surface area contributed by atoms with Crippen molar-refractivity contribution in [2.24, 2.45) is 0 Å². The first-order chi connectivity index (χ1) is 9.69. The molecule has 100 valence electrons. The number of carbonyl (C=O) groups excluding carboxylic acids is 1. The molecule has 20 heavy (non-hydrogen) atoms. The van der Waals surface area contributed by atoms with Crippen LogP contribution in [0, 0.1) is 18.3 Å². The highest BCUT2D eigenvalue weighted by atomic mass is 16.5. The monoisotopic (exact) mass is 267 g/mol. The van der Waals surface area contributed by atoms with Gasteiger partial charge in [-0.3, -0.25) is 9.78 Å². The third-order valence-corrected chi connectivity index (χ3v) is 2.56. The van der Waals surface area contributed by atoms with Crippen LogP contribution in [0.2, 0.25) is 0 Å². The number of nitrogens with zero attached hydrogens (tertiary/aromatic N) is 2. The number of aromatic nitrogens is 1. The first kappa shape index (κ1) is 13.6. The van der Waals surface area contributed by atoms with E-state index >= 15 is 0 Å². The Kier molecular flexibility index (Phi) is 4.30. The minimum absolute atomic E-state index is 0.160. The summed E-state index contributed by atoms with van der Waals surface area (Å²) in [5.41, 5.74) is 1.52. The van der Waals surface area contributed by atoms with Gasteiger partial charge in [-0.2, -0.15) is 5.26 Å². The summed E-state index contributed by atoms with van der Waals surface area (Å²) in [6.07, 6.45) is 3.14. The highest BCUT2D eigenvalue weighted by molar-refractivity contribution is 5.92. The molecule has 0 spiro atoms. The van der Waals surface area contributed by atoms with Crippen LogP contribution in [0.5, 0.6) is 11.5 Å². The molecule has 2 aromatic rings. The highest BCUT2D eigenvalue weighted by Gasteiger charge is 2.05. The lowest BCUT2D eigenvalue weighted by Gasteiger charge is -2.10. The second kappa shape index (κ2) is 6.34. The van der Waals surface area contributed by atoms with Crippen LogP contribution in [-0.2, 0) is 4.79 Å². The Bertz CT molecular complexity index is 648. The van der Waals surface area contributed by atoms with E-state index < -0.39 is 0 Å². The van der Waals surface area contributed by atoms with Crippen LogP contribution in [-0.4, -0.2) is 10.9 Å².